The topological polar surface area (TPSA) is 80.7 Å². The van der Waals surface area contributed by atoms with Crippen LogP contribution >= 0.6 is 11.6 Å². The fraction of sp³-hybridized carbons (Fsp3) is 0.690. The quantitative estimate of drug-likeness (QED) is 0.473. The summed E-state index contributed by atoms with van der Waals surface area (Å²) in [5, 5.41) is 5.38. The van der Waals surface area contributed by atoms with Crippen LogP contribution in [0.15, 0.2) is 29.4 Å². The number of ether oxygens (including phenoxy) is 1. The van der Waals surface area contributed by atoms with Gasteiger partial charge in [0.15, 0.2) is 6.29 Å². The fourth-order valence-electron chi connectivity index (χ4n) is 6.29. The lowest BCUT2D eigenvalue weighted by atomic mass is 9.80. The second kappa shape index (κ2) is 12.8. The van der Waals surface area contributed by atoms with Gasteiger partial charge in [-0.05, 0) is 49.4 Å². The van der Waals surface area contributed by atoms with Crippen LogP contribution in [0.25, 0.3) is 0 Å². The highest BCUT2D eigenvalue weighted by Crippen LogP contribution is 2.38. The summed E-state index contributed by atoms with van der Waals surface area (Å²) >= 11 is 5.93. The molecule has 3 unspecified atom stereocenters. The average Bonchev–Trinajstić information content (AvgIpc) is 3.37. The number of hydrogen-bond donors (Lipinski definition) is 1. The van der Waals surface area contributed by atoms with Crippen LogP contribution < -0.4 is 10.2 Å². The molecule has 1 aromatic carbocycles. The lowest BCUT2D eigenvalue weighted by Crippen LogP contribution is -2.67. The molecule has 5 rings (SSSR count). The van der Waals surface area contributed by atoms with Crippen LogP contribution in [0.2, 0.25) is 5.02 Å². The molecule has 10 heteroatoms. The molecule has 214 valence electrons. The third kappa shape index (κ3) is 6.62. The largest absolute Gasteiger partial charge is 0.492 e. The number of hydrogen-bond acceptors (Lipinski definition) is 7. The molecule has 1 aromatic rings. The first-order valence-corrected chi connectivity index (χ1v) is 15.1. The number of piperazine rings is 1. The van der Waals surface area contributed by atoms with Crippen molar-refractivity contribution in [2.45, 2.75) is 71.1 Å². The molecule has 39 heavy (non-hydrogen) atoms. The predicted octanol–water partition coefficient (Wildman–Crippen LogP) is 3.59. The van der Waals surface area contributed by atoms with Gasteiger partial charge >= 0.3 is 0 Å². The van der Waals surface area contributed by atoms with Gasteiger partial charge in [-0.1, -0.05) is 38.3 Å². The van der Waals surface area contributed by atoms with E-state index >= 15 is 0 Å². The first kappa shape index (κ1) is 28.0. The Morgan fingerprint density at radius 1 is 1.10 bits per heavy atom. The minimum absolute atomic E-state index is 0.0414. The second-order valence-electron chi connectivity index (χ2n) is 11.6. The van der Waals surface area contributed by atoms with Crippen LogP contribution in [0.4, 0.5) is 0 Å². The minimum Gasteiger partial charge on any atom is -0.492 e. The highest BCUT2D eigenvalue weighted by Gasteiger charge is 2.50. The number of amidine groups is 1. The highest BCUT2D eigenvalue weighted by atomic mass is 35.5. The number of nitrogens with one attached hydrogen (secondary N) is 1. The molecule has 0 aromatic heterocycles. The van der Waals surface area contributed by atoms with E-state index in [-0.39, 0.29) is 30.1 Å². The first-order valence-electron chi connectivity index (χ1n) is 14.7. The van der Waals surface area contributed by atoms with E-state index in [9.17, 15) is 9.59 Å². The minimum atomic E-state index is -0.209. The number of hydrazone groups is 1. The Hall–Kier alpha value is -2.52. The summed E-state index contributed by atoms with van der Waals surface area (Å²) in [4.78, 5) is 35.2. The number of halogens is 1. The van der Waals surface area contributed by atoms with Gasteiger partial charge in [0.25, 0.3) is 0 Å². The van der Waals surface area contributed by atoms with Crippen molar-refractivity contribution in [2.24, 2.45) is 16.9 Å². The molecule has 1 aliphatic carbocycles. The number of rotatable bonds is 10. The van der Waals surface area contributed by atoms with E-state index in [1.807, 2.05) is 34.1 Å². The Labute approximate surface area is 237 Å². The van der Waals surface area contributed by atoms with Crippen LogP contribution in [-0.4, -0.2) is 95.5 Å². The maximum atomic E-state index is 13.4. The van der Waals surface area contributed by atoms with Gasteiger partial charge < -0.3 is 19.4 Å². The molecular weight excluding hydrogens is 516 g/mol. The fourth-order valence-corrected chi connectivity index (χ4v) is 6.41. The van der Waals surface area contributed by atoms with E-state index in [1.54, 1.807) is 0 Å². The van der Waals surface area contributed by atoms with E-state index in [4.69, 9.17) is 16.3 Å². The Morgan fingerprint density at radius 2 is 1.85 bits per heavy atom. The van der Waals surface area contributed by atoms with Gasteiger partial charge in [0.2, 0.25) is 11.8 Å². The van der Waals surface area contributed by atoms with E-state index < -0.39 is 0 Å². The molecule has 0 radical (unpaired) electrons. The third-order valence-corrected chi connectivity index (χ3v) is 8.83. The van der Waals surface area contributed by atoms with Crippen molar-refractivity contribution in [1.82, 2.24) is 25.0 Å². The van der Waals surface area contributed by atoms with Crippen LogP contribution in [-0.2, 0) is 9.59 Å². The van der Waals surface area contributed by atoms with Gasteiger partial charge in [-0.25, -0.2) is 0 Å². The molecule has 3 atom stereocenters. The Bertz CT molecular complexity index is 1030. The number of benzene rings is 1. The molecule has 0 spiro atoms. The molecule has 3 fully saturated rings. The zero-order valence-corrected chi connectivity index (χ0v) is 24.1. The van der Waals surface area contributed by atoms with Gasteiger partial charge in [-0.2, -0.15) is 5.10 Å². The summed E-state index contributed by atoms with van der Waals surface area (Å²) in [5.74, 6) is 2.79. The summed E-state index contributed by atoms with van der Waals surface area (Å²) in [6.45, 7) is 9.74. The van der Waals surface area contributed by atoms with Crippen molar-refractivity contribution in [1.29, 1.82) is 0 Å². The standard InChI is InChI=1S/C29H43ClN6O3/c1-21(2)13-14-35-28(38)24-5-3-4-6-25(24)36-26(31-32-29(35)36)11-12-27(37)34-17-15-33(16-18-34)19-20-39-23-9-7-22(30)8-10-23/h7-10,21,24-25,29,32H,3-6,11-20H2,1-2H3. The van der Waals surface area contributed by atoms with Crippen molar-refractivity contribution in [2.75, 3.05) is 45.9 Å². The smallest absolute Gasteiger partial charge is 0.230 e. The predicted molar refractivity (Wildman–Crippen MR) is 152 cm³/mol. The zero-order chi connectivity index (χ0) is 27.4. The molecule has 4 aliphatic rings. The van der Waals surface area contributed by atoms with Gasteiger partial charge in [0.05, 0.1) is 5.92 Å². The number of carbonyl (C=O) groups is 2. The highest BCUT2D eigenvalue weighted by molar-refractivity contribution is 6.30. The van der Waals surface area contributed by atoms with E-state index in [1.165, 1.54) is 0 Å². The van der Waals surface area contributed by atoms with Crippen LogP contribution in [0.1, 0.15) is 58.8 Å². The summed E-state index contributed by atoms with van der Waals surface area (Å²) in [7, 11) is 0. The maximum Gasteiger partial charge on any atom is 0.230 e. The molecule has 1 N–H and O–H groups in total. The molecule has 9 nitrogen and oxygen atoms in total. The first-order chi connectivity index (χ1) is 18.9. The SMILES string of the molecule is CC(C)CCN1C(=O)C2CCCCC2N2C(CCC(=O)N3CCN(CCOc4ccc(Cl)cc4)CC3)=NNC12. The lowest BCUT2D eigenvalue weighted by molar-refractivity contribution is -0.155. The molecule has 0 bridgehead atoms. The van der Waals surface area contributed by atoms with Crippen LogP contribution in [0.5, 0.6) is 5.75 Å². The van der Waals surface area contributed by atoms with Crippen molar-refractivity contribution in [3.8, 4) is 5.75 Å². The molecule has 3 heterocycles. The molecule has 2 saturated heterocycles. The van der Waals surface area contributed by atoms with Crippen LogP contribution in [0, 0.1) is 11.8 Å². The Morgan fingerprint density at radius 3 is 2.59 bits per heavy atom. The summed E-state index contributed by atoms with van der Waals surface area (Å²) in [6, 6.07) is 7.61. The summed E-state index contributed by atoms with van der Waals surface area (Å²) in [5.41, 5.74) is 3.26. The monoisotopic (exact) mass is 558 g/mol. The Kier molecular flexibility index (Phi) is 9.17. The summed E-state index contributed by atoms with van der Waals surface area (Å²) < 4.78 is 5.83. The van der Waals surface area contributed by atoms with E-state index in [0.717, 1.165) is 83.0 Å². The van der Waals surface area contributed by atoms with Gasteiger partial charge in [0, 0.05) is 63.2 Å². The number of carbonyl (C=O) groups excluding carboxylic acids is 2. The Balaban J connectivity index is 1.09. The molecule has 3 aliphatic heterocycles. The van der Waals surface area contributed by atoms with E-state index in [0.29, 0.717) is 30.4 Å². The van der Waals surface area contributed by atoms with Gasteiger partial charge in [-0.3, -0.25) is 19.9 Å². The maximum absolute atomic E-state index is 13.4. The average molecular weight is 559 g/mol. The normalized spacial score (nSPS) is 25.3. The van der Waals surface area contributed by atoms with Gasteiger partial charge in [0.1, 0.15) is 18.2 Å². The van der Waals surface area contributed by atoms with Crippen molar-refractivity contribution < 1.29 is 14.3 Å². The van der Waals surface area contributed by atoms with Crippen molar-refractivity contribution >= 4 is 29.3 Å². The zero-order valence-electron chi connectivity index (χ0n) is 23.4. The van der Waals surface area contributed by atoms with Gasteiger partial charge in [-0.15, -0.1) is 0 Å². The number of nitrogens with zero attached hydrogens (tertiary/aromatic N) is 5. The molecular formula is C29H43ClN6O3. The number of amides is 2. The molecule has 2 amide bonds. The number of fused-ring (bicyclic) bond motifs is 3. The lowest BCUT2D eigenvalue weighted by Gasteiger charge is -2.50. The van der Waals surface area contributed by atoms with Crippen molar-refractivity contribution in [3.63, 3.8) is 0 Å². The van der Waals surface area contributed by atoms with E-state index in [2.05, 4.69) is 34.2 Å². The summed E-state index contributed by atoms with van der Waals surface area (Å²) in [6.07, 6.45) is 6.04. The molecule has 1 saturated carbocycles. The van der Waals surface area contributed by atoms with Crippen LogP contribution in [0.3, 0.4) is 0 Å². The second-order valence-corrected chi connectivity index (χ2v) is 12.1. The van der Waals surface area contributed by atoms with Crippen molar-refractivity contribution in [3.05, 3.63) is 29.3 Å². The third-order valence-electron chi connectivity index (χ3n) is 8.58.